The quantitative estimate of drug-likeness (QED) is 0.887. The molecule has 132 valence electrons. The van der Waals surface area contributed by atoms with Crippen LogP contribution in [0, 0.1) is 5.82 Å². The van der Waals surface area contributed by atoms with Crippen molar-refractivity contribution >= 4 is 11.7 Å². The third kappa shape index (κ3) is 3.21. The highest BCUT2D eigenvalue weighted by Gasteiger charge is 2.45. The van der Waals surface area contributed by atoms with Gasteiger partial charge in [-0.2, -0.15) is 0 Å². The van der Waals surface area contributed by atoms with Crippen LogP contribution in [0.2, 0.25) is 0 Å². The summed E-state index contributed by atoms with van der Waals surface area (Å²) in [5.41, 5.74) is 0.108. The van der Waals surface area contributed by atoms with Gasteiger partial charge in [-0.15, -0.1) is 0 Å². The molecule has 2 aromatic heterocycles. The van der Waals surface area contributed by atoms with Crippen LogP contribution in [0.25, 0.3) is 0 Å². The van der Waals surface area contributed by atoms with Crippen LogP contribution in [0.1, 0.15) is 29.8 Å². The molecule has 8 heteroatoms. The molecule has 2 aliphatic heterocycles. The van der Waals surface area contributed by atoms with Gasteiger partial charge in [-0.25, -0.2) is 14.4 Å². The van der Waals surface area contributed by atoms with Crippen molar-refractivity contribution in [3.8, 4) is 0 Å². The Morgan fingerprint density at radius 3 is 3.24 bits per heavy atom. The van der Waals surface area contributed by atoms with Gasteiger partial charge >= 0.3 is 0 Å². The SMILES string of the molecule is O=C(c1cnc[nH]1)N1CCC[C@]2(C[C@@H](Nc3ncccc3F)CO2)C1. The summed E-state index contributed by atoms with van der Waals surface area (Å²) in [4.78, 5) is 25.1. The van der Waals surface area contributed by atoms with Crippen molar-refractivity contribution in [3.63, 3.8) is 0 Å². The van der Waals surface area contributed by atoms with Crippen LogP contribution < -0.4 is 5.32 Å². The number of hydrogen-bond acceptors (Lipinski definition) is 5. The van der Waals surface area contributed by atoms with E-state index >= 15 is 0 Å². The van der Waals surface area contributed by atoms with E-state index in [-0.39, 0.29) is 29.2 Å². The summed E-state index contributed by atoms with van der Waals surface area (Å²) in [5, 5.41) is 3.12. The van der Waals surface area contributed by atoms with E-state index in [1.807, 2.05) is 0 Å². The first kappa shape index (κ1) is 16.0. The highest BCUT2D eigenvalue weighted by molar-refractivity contribution is 5.92. The zero-order valence-electron chi connectivity index (χ0n) is 13.7. The van der Waals surface area contributed by atoms with Gasteiger partial charge in [-0.1, -0.05) is 0 Å². The van der Waals surface area contributed by atoms with Crippen molar-refractivity contribution in [1.82, 2.24) is 19.9 Å². The van der Waals surface area contributed by atoms with E-state index in [0.29, 0.717) is 25.4 Å². The highest BCUT2D eigenvalue weighted by atomic mass is 19.1. The third-order valence-electron chi connectivity index (χ3n) is 4.86. The first-order chi connectivity index (χ1) is 12.2. The van der Waals surface area contributed by atoms with Crippen molar-refractivity contribution in [2.24, 2.45) is 0 Å². The molecule has 2 fully saturated rings. The van der Waals surface area contributed by atoms with Crippen LogP contribution in [-0.2, 0) is 4.74 Å². The van der Waals surface area contributed by atoms with Gasteiger partial charge in [-0.3, -0.25) is 4.79 Å². The third-order valence-corrected chi connectivity index (χ3v) is 4.86. The van der Waals surface area contributed by atoms with E-state index in [1.165, 1.54) is 18.6 Å². The number of aromatic nitrogens is 3. The average Bonchev–Trinajstić information content (AvgIpc) is 3.27. The molecule has 7 nitrogen and oxygen atoms in total. The Hall–Kier alpha value is -2.48. The molecule has 0 aliphatic carbocycles. The number of H-pyrrole nitrogens is 1. The summed E-state index contributed by atoms with van der Waals surface area (Å²) in [6.07, 6.45) is 7.08. The Kier molecular flexibility index (Phi) is 4.12. The van der Waals surface area contributed by atoms with E-state index in [9.17, 15) is 9.18 Å². The predicted molar refractivity (Wildman–Crippen MR) is 88.6 cm³/mol. The number of rotatable bonds is 3. The fourth-order valence-corrected chi connectivity index (χ4v) is 3.72. The van der Waals surface area contributed by atoms with Gasteiger partial charge in [-0.05, 0) is 25.0 Å². The number of pyridine rings is 1. The summed E-state index contributed by atoms with van der Waals surface area (Å²) < 4.78 is 19.8. The molecule has 4 heterocycles. The van der Waals surface area contributed by atoms with Gasteiger partial charge in [0.15, 0.2) is 11.6 Å². The first-order valence-corrected chi connectivity index (χ1v) is 8.44. The normalized spacial score (nSPS) is 26.1. The Labute approximate surface area is 144 Å². The number of likely N-dealkylation sites (tertiary alicyclic amines) is 1. The molecule has 0 bridgehead atoms. The summed E-state index contributed by atoms with van der Waals surface area (Å²) in [7, 11) is 0. The topological polar surface area (TPSA) is 83.1 Å². The molecular weight excluding hydrogens is 325 g/mol. The Morgan fingerprint density at radius 1 is 1.52 bits per heavy atom. The largest absolute Gasteiger partial charge is 0.371 e. The van der Waals surface area contributed by atoms with Gasteiger partial charge in [0.1, 0.15) is 5.69 Å². The second kappa shape index (κ2) is 6.44. The lowest BCUT2D eigenvalue weighted by Gasteiger charge is -2.39. The first-order valence-electron chi connectivity index (χ1n) is 8.44. The number of carbonyl (C=O) groups is 1. The highest BCUT2D eigenvalue weighted by Crippen LogP contribution is 2.36. The van der Waals surface area contributed by atoms with Crippen LogP contribution >= 0.6 is 0 Å². The van der Waals surface area contributed by atoms with Crippen LogP contribution in [0.3, 0.4) is 0 Å². The van der Waals surface area contributed by atoms with E-state index in [4.69, 9.17) is 4.74 Å². The van der Waals surface area contributed by atoms with E-state index < -0.39 is 0 Å². The molecule has 2 N–H and O–H groups in total. The van der Waals surface area contributed by atoms with Crippen molar-refractivity contribution in [1.29, 1.82) is 0 Å². The smallest absolute Gasteiger partial charge is 0.272 e. The number of ether oxygens (including phenoxy) is 1. The zero-order chi connectivity index (χ0) is 17.3. The number of carbonyl (C=O) groups excluding carboxylic acids is 1. The Morgan fingerprint density at radius 2 is 2.44 bits per heavy atom. The molecule has 0 aromatic carbocycles. The molecule has 25 heavy (non-hydrogen) atoms. The van der Waals surface area contributed by atoms with Crippen LogP contribution in [-0.4, -0.2) is 57.1 Å². The maximum absolute atomic E-state index is 13.8. The molecule has 2 aliphatic rings. The average molecular weight is 345 g/mol. The maximum atomic E-state index is 13.8. The number of aromatic amines is 1. The van der Waals surface area contributed by atoms with Gasteiger partial charge < -0.3 is 19.9 Å². The molecule has 0 saturated carbocycles. The fraction of sp³-hybridized carbons (Fsp3) is 0.471. The number of nitrogens with one attached hydrogen (secondary N) is 2. The minimum Gasteiger partial charge on any atom is -0.371 e. The maximum Gasteiger partial charge on any atom is 0.272 e. The molecular formula is C17H20FN5O2. The standard InChI is InChI=1S/C17H20FN5O2/c18-13-3-1-5-20-15(13)22-12-7-17(25-9-12)4-2-6-23(10-17)16(24)14-8-19-11-21-14/h1,3,5,8,11-12H,2,4,6-7,9-10H2,(H,19,21)(H,20,22)/t12-,17+/m1/s1. The predicted octanol–water partition coefficient (Wildman–Crippen LogP) is 1.82. The number of imidazole rings is 1. The molecule has 4 rings (SSSR count). The van der Waals surface area contributed by atoms with Crippen LogP contribution in [0.4, 0.5) is 10.2 Å². The van der Waals surface area contributed by atoms with Crippen molar-refractivity contribution in [2.45, 2.75) is 30.9 Å². The molecule has 0 radical (unpaired) electrons. The van der Waals surface area contributed by atoms with Gasteiger partial charge in [0.05, 0.1) is 37.3 Å². The summed E-state index contributed by atoms with van der Waals surface area (Å²) in [6, 6.07) is 2.92. The minimum atomic E-state index is -0.378. The summed E-state index contributed by atoms with van der Waals surface area (Å²) in [6.45, 7) is 1.71. The lowest BCUT2D eigenvalue weighted by molar-refractivity contribution is -0.0448. The monoisotopic (exact) mass is 345 g/mol. The van der Waals surface area contributed by atoms with Gasteiger partial charge in [0.2, 0.25) is 0 Å². The van der Waals surface area contributed by atoms with E-state index in [0.717, 1.165) is 19.3 Å². The van der Waals surface area contributed by atoms with Crippen LogP contribution in [0.5, 0.6) is 0 Å². The molecule has 2 atom stereocenters. The van der Waals surface area contributed by atoms with Crippen molar-refractivity contribution in [3.05, 3.63) is 42.4 Å². The number of halogens is 1. The second-order valence-corrected chi connectivity index (χ2v) is 6.67. The Balaban J connectivity index is 1.42. The lowest BCUT2D eigenvalue weighted by atomic mass is 9.88. The number of piperidine rings is 1. The number of nitrogens with zero attached hydrogens (tertiary/aromatic N) is 3. The lowest BCUT2D eigenvalue weighted by Crippen LogP contribution is -2.50. The van der Waals surface area contributed by atoms with Crippen LogP contribution in [0.15, 0.2) is 30.9 Å². The minimum absolute atomic E-state index is 0.0217. The fourth-order valence-electron chi connectivity index (χ4n) is 3.72. The number of amides is 1. The van der Waals surface area contributed by atoms with Crippen molar-refractivity contribution < 1.29 is 13.9 Å². The zero-order valence-corrected chi connectivity index (χ0v) is 13.7. The number of anilines is 1. The summed E-state index contributed by atoms with van der Waals surface area (Å²) >= 11 is 0. The second-order valence-electron chi connectivity index (χ2n) is 6.67. The molecule has 0 unspecified atom stereocenters. The molecule has 2 saturated heterocycles. The Bertz CT molecular complexity index is 753. The van der Waals surface area contributed by atoms with Gasteiger partial charge in [0.25, 0.3) is 5.91 Å². The van der Waals surface area contributed by atoms with E-state index in [1.54, 1.807) is 17.2 Å². The number of hydrogen-bond donors (Lipinski definition) is 2. The van der Waals surface area contributed by atoms with Gasteiger partial charge in [0, 0.05) is 19.2 Å². The molecule has 1 spiro atoms. The summed E-state index contributed by atoms with van der Waals surface area (Å²) in [5.74, 6) is -0.190. The van der Waals surface area contributed by atoms with E-state index in [2.05, 4.69) is 20.3 Å². The molecule has 2 aromatic rings. The van der Waals surface area contributed by atoms with Crippen molar-refractivity contribution in [2.75, 3.05) is 25.0 Å². The molecule has 1 amide bonds.